The van der Waals surface area contributed by atoms with Gasteiger partial charge in [-0.15, -0.1) is 24.0 Å². The molecule has 1 aromatic carbocycles. The number of aliphatic imine (C=N–C) groups is 1. The summed E-state index contributed by atoms with van der Waals surface area (Å²) in [5.41, 5.74) is 0.917. The van der Waals surface area contributed by atoms with E-state index in [-0.39, 0.29) is 29.8 Å². The van der Waals surface area contributed by atoms with Gasteiger partial charge in [0.25, 0.3) is 0 Å². The Hall–Kier alpha value is -0.890. The zero-order valence-corrected chi connectivity index (χ0v) is 16.3. The second-order valence-corrected chi connectivity index (χ2v) is 5.82. The van der Waals surface area contributed by atoms with Gasteiger partial charge in [0.2, 0.25) is 0 Å². The predicted molar refractivity (Wildman–Crippen MR) is 105 cm³/mol. The van der Waals surface area contributed by atoms with Crippen LogP contribution in [0.1, 0.15) is 31.7 Å². The Bertz CT molecular complexity index is 487. The van der Waals surface area contributed by atoms with Crippen molar-refractivity contribution in [3.8, 4) is 0 Å². The minimum atomic E-state index is -0.203. The maximum absolute atomic E-state index is 13.2. The molecule has 0 amide bonds. The van der Waals surface area contributed by atoms with Crippen LogP contribution in [0.4, 0.5) is 4.39 Å². The number of piperidine rings is 1. The van der Waals surface area contributed by atoms with Crippen molar-refractivity contribution >= 4 is 29.9 Å². The largest absolute Gasteiger partial charge is 0.354 e. The second kappa shape index (κ2) is 10.8. The fourth-order valence-electron chi connectivity index (χ4n) is 2.84. The lowest BCUT2D eigenvalue weighted by molar-refractivity contribution is 0.206. The Morgan fingerprint density at radius 2 is 2.09 bits per heavy atom. The second-order valence-electron chi connectivity index (χ2n) is 5.82. The van der Waals surface area contributed by atoms with Gasteiger partial charge in [-0.1, -0.05) is 19.1 Å². The summed E-state index contributed by atoms with van der Waals surface area (Å²) in [6.45, 7) is 6.28. The Balaban J connectivity index is 0.00000264. The van der Waals surface area contributed by atoms with E-state index in [0.29, 0.717) is 12.6 Å². The first kappa shape index (κ1) is 20.2. The fourth-order valence-corrected chi connectivity index (χ4v) is 2.84. The molecule has 1 heterocycles. The summed E-state index contributed by atoms with van der Waals surface area (Å²) in [6, 6.07) is 7.11. The van der Waals surface area contributed by atoms with Gasteiger partial charge in [-0.25, -0.2) is 4.39 Å². The molecule has 2 rings (SSSR count). The molecule has 0 atom stereocenters. The van der Waals surface area contributed by atoms with Crippen LogP contribution in [0.5, 0.6) is 0 Å². The number of hydrogen-bond donors (Lipinski definition) is 2. The highest BCUT2D eigenvalue weighted by atomic mass is 127. The van der Waals surface area contributed by atoms with Crippen molar-refractivity contribution in [3.63, 3.8) is 0 Å². The van der Waals surface area contributed by atoms with E-state index in [1.807, 2.05) is 6.07 Å². The lowest BCUT2D eigenvalue weighted by atomic mass is 10.1. The molecule has 0 unspecified atom stereocenters. The monoisotopic (exact) mass is 434 g/mol. The Kier molecular flexibility index (Phi) is 9.47. The number of likely N-dealkylation sites (tertiary alicyclic amines) is 1. The van der Waals surface area contributed by atoms with Crippen molar-refractivity contribution in [3.05, 3.63) is 35.6 Å². The van der Waals surface area contributed by atoms with Crippen LogP contribution in [0.15, 0.2) is 29.3 Å². The highest BCUT2D eigenvalue weighted by Gasteiger charge is 2.19. The summed E-state index contributed by atoms with van der Waals surface area (Å²) in [7, 11) is 1.77. The molecular weight excluding hydrogens is 406 g/mol. The van der Waals surface area contributed by atoms with Gasteiger partial charge in [0, 0.05) is 32.7 Å². The summed E-state index contributed by atoms with van der Waals surface area (Å²) in [4.78, 5) is 6.78. The first-order valence-electron chi connectivity index (χ1n) is 8.15. The zero-order chi connectivity index (χ0) is 15.8. The van der Waals surface area contributed by atoms with Crippen molar-refractivity contribution in [2.75, 3.05) is 26.7 Å². The van der Waals surface area contributed by atoms with E-state index in [1.165, 1.54) is 19.0 Å². The van der Waals surface area contributed by atoms with E-state index >= 15 is 0 Å². The molecule has 0 spiro atoms. The van der Waals surface area contributed by atoms with Crippen LogP contribution in [0, 0.1) is 5.82 Å². The average molecular weight is 434 g/mol. The number of benzene rings is 1. The van der Waals surface area contributed by atoms with E-state index in [0.717, 1.165) is 37.5 Å². The van der Waals surface area contributed by atoms with Gasteiger partial charge in [0.15, 0.2) is 5.96 Å². The van der Waals surface area contributed by atoms with Crippen LogP contribution < -0.4 is 10.6 Å². The molecule has 2 N–H and O–H groups in total. The molecule has 1 aliphatic rings. The molecule has 0 aromatic heterocycles. The van der Waals surface area contributed by atoms with Crippen molar-refractivity contribution in [1.82, 2.24) is 15.5 Å². The molecule has 0 saturated carbocycles. The van der Waals surface area contributed by atoms with Crippen LogP contribution in [0.2, 0.25) is 0 Å². The van der Waals surface area contributed by atoms with E-state index in [2.05, 4.69) is 27.4 Å². The van der Waals surface area contributed by atoms with Crippen molar-refractivity contribution in [1.29, 1.82) is 0 Å². The molecule has 130 valence electrons. The molecule has 1 aromatic rings. The van der Waals surface area contributed by atoms with Crippen LogP contribution in [-0.2, 0) is 6.54 Å². The highest BCUT2D eigenvalue weighted by Crippen LogP contribution is 2.10. The maximum Gasteiger partial charge on any atom is 0.191 e. The van der Waals surface area contributed by atoms with Gasteiger partial charge in [0.1, 0.15) is 5.82 Å². The topological polar surface area (TPSA) is 39.7 Å². The third-order valence-electron chi connectivity index (χ3n) is 4.04. The zero-order valence-electron chi connectivity index (χ0n) is 14.0. The van der Waals surface area contributed by atoms with Gasteiger partial charge >= 0.3 is 0 Å². The Morgan fingerprint density at radius 1 is 1.35 bits per heavy atom. The molecular formula is C17H28FIN4. The number of nitrogens with zero attached hydrogens (tertiary/aromatic N) is 2. The van der Waals surface area contributed by atoms with Gasteiger partial charge in [-0.3, -0.25) is 4.99 Å². The van der Waals surface area contributed by atoms with E-state index in [9.17, 15) is 4.39 Å². The summed E-state index contributed by atoms with van der Waals surface area (Å²) in [5.74, 6) is 0.587. The van der Waals surface area contributed by atoms with Gasteiger partial charge in [-0.05, 0) is 43.5 Å². The van der Waals surface area contributed by atoms with Crippen molar-refractivity contribution in [2.45, 2.75) is 38.8 Å². The number of halogens is 2. The standard InChI is InChI=1S/C17H27FN4.HI/c1-3-9-22-10-7-16(8-11-22)21-17(19-2)20-13-14-5-4-6-15(18)12-14;/h4-6,12,16H,3,7-11,13H2,1-2H3,(H2,19,20,21);1H. The van der Waals surface area contributed by atoms with Gasteiger partial charge < -0.3 is 15.5 Å². The highest BCUT2D eigenvalue weighted by molar-refractivity contribution is 14.0. The normalized spacial score (nSPS) is 16.7. The molecule has 4 nitrogen and oxygen atoms in total. The number of nitrogens with one attached hydrogen (secondary N) is 2. The first-order valence-corrected chi connectivity index (χ1v) is 8.15. The fraction of sp³-hybridized carbons (Fsp3) is 0.588. The van der Waals surface area contributed by atoms with Gasteiger partial charge in [-0.2, -0.15) is 0 Å². The van der Waals surface area contributed by atoms with Crippen molar-refractivity contribution in [2.24, 2.45) is 4.99 Å². The number of hydrogen-bond acceptors (Lipinski definition) is 2. The SMILES string of the molecule is CCCN1CCC(NC(=NC)NCc2cccc(F)c2)CC1.I. The summed E-state index contributed by atoms with van der Waals surface area (Å²) in [5, 5.41) is 6.73. The molecule has 1 aliphatic heterocycles. The predicted octanol–water partition coefficient (Wildman–Crippen LogP) is 2.98. The lowest BCUT2D eigenvalue weighted by Crippen LogP contribution is -2.48. The average Bonchev–Trinajstić information content (AvgIpc) is 2.53. The minimum absolute atomic E-state index is 0. The number of rotatable bonds is 5. The molecule has 0 radical (unpaired) electrons. The van der Waals surface area contributed by atoms with E-state index < -0.39 is 0 Å². The maximum atomic E-state index is 13.2. The third kappa shape index (κ3) is 7.03. The molecule has 6 heteroatoms. The quantitative estimate of drug-likeness (QED) is 0.425. The van der Waals surface area contributed by atoms with Crippen LogP contribution in [0.25, 0.3) is 0 Å². The summed E-state index contributed by atoms with van der Waals surface area (Å²) >= 11 is 0. The molecule has 23 heavy (non-hydrogen) atoms. The Labute approximate surface area is 156 Å². The van der Waals surface area contributed by atoms with Crippen LogP contribution in [0.3, 0.4) is 0 Å². The molecule has 0 aliphatic carbocycles. The molecule has 0 bridgehead atoms. The molecule has 1 fully saturated rings. The van der Waals surface area contributed by atoms with E-state index in [4.69, 9.17) is 0 Å². The van der Waals surface area contributed by atoms with Crippen LogP contribution >= 0.6 is 24.0 Å². The first-order chi connectivity index (χ1) is 10.7. The lowest BCUT2D eigenvalue weighted by Gasteiger charge is -2.32. The van der Waals surface area contributed by atoms with Gasteiger partial charge in [0.05, 0.1) is 0 Å². The van der Waals surface area contributed by atoms with Crippen LogP contribution in [-0.4, -0.2) is 43.6 Å². The summed E-state index contributed by atoms with van der Waals surface area (Å²) in [6.07, 6.45) is 3.50. The number of guanidine groups is 1. The third-order valence-corrected chi connectivity index (χ3v) is 4.04. The van der Waals surface area contributed by atoms with E-state index in [1.54, 1.807) is 19.2 Å². The van der Waals surface area contributed by atoms with Crippen molar-refractivity contribution < 1.29 is 4.39 Å². The Morgan fingerprint density at radius 3 is 2.70 bits per heavy atom. The molecule has 1 saturated heterocycles. The smallest absolute Gasteiger partial charge is 0.191 e. The minimum Gasteiger partial charge on any atom is -0.354 e. The summed E-state index contributed by atoms with van der Waals surface area (Å²) < 4.78 is 13.2.